The van der Waals surface area contributed by atoms with Crippen LogP contribution in [0.2, 0.25) is 5.02 Å². The Bertz CT molecular complexity index is 1000. The highest BCUT2D eigenvalue weighted by Gasteiger charge is 2.28. The highest BCUT2D eigenvalue weighted by atomic mass is 35.5. The Kier molecular flexibility index (Phi) is 5.87. The number of aryl methyl sites for hydroxylation is 2. The Morgan fingerprint density at radius 1 is 1.07 bits per heavy atom. The fourth-order valence-corrected chi connectivity index (χ4v) is 3.77. The number of carbonyl (C=O) groups is 1. The van der Waals surface area contributed by atoms with E-state index in [1.165, 1.54) is 17.3 Å². The first kappa shape index (κ1) is 20.5. The largest absolute Gasteiger partial charge is 0.403 e. The molecule has 0 aliphatic carbocycles. The third kappa shape index (κ3) is 4.42. The van der Waals surface area contributed by atoms with E-state index in [-0.39, 0.29) is 5.54 Å². The quantitative estimate of drug-likeness (QED) is 0.471. The normalized spacial score (nSPS) is 11.5. The van der Waals surface area contributed by atoms with E-state index in [1.54, 1.807) is 28.9 Å². The zero-order valence-corrected chi connectivity index (χ0v) is 18.2. The van der Waals surface area contributed by atoms with Crippen LogP contribution < -0.4 is 4.74 Å². The van der Waals surface area contributed by atoms with Gasteiger partial charge >= 0.3 is 5.97 Å². The average molecular weight is 415 g/mol. The lowest BCUT2D eigenvalue weighted by Crippen LogP contribution is -2.25. The van der Waals surface area contributed by atoms with Gasteiger partial charge in [0.05, 0.1) is 26.7 Å². The van der Waals surface area contributed by atoms with Crippen molar-refractivity contribution in [1.82, 2.24) is 9.78 Å². The van der Waals surface area contributed by atoms with Crippen molar-refractivity contribution in [3.8, 4) is 5.88 Å². The number of benzene rings is 2. The first-order valence-corrected chi connectivity index (χ1v) is 10.2. The molecule has 0 bridgehead atoms. The number of carbonyl (C=O) groups excluding carboxylic acids is 1. The van der Waals surface area contributed by atoms with Gasteiger partial charge in [0.1, 0.15) is 0 Å². The fraction of sp³-hybridized carbons (Fsp3) is 0.273. The molecule has 3 aromatic rings. The molecule has 0 fully saturated rings. The van der Waals surface area contributed by atoms with E-state index < -0.39 is 5.97 Å². The SMILES string of the molecule is Cc1ccc(Sc2c(C)nn(C(C)(C)C)c2OC(=O)c2ccccc2Cl)cc1. The summed E-state index contributed by atoms with van der Waals surface area (Å²) in [7, 11) is 0. The molecule has 0 aliphatic heterocycles. The Labute approximate surface area is 174 Å². The molecule has 1 aromatic heterocycles. The summed E-state index contributed by atoms with van der Waals surface area (Å²) in [5, 5.41) is 5.01. The Morgan fingerprint density at radius 3 is 2.32 bits per heavy atom. The fourth-order valence-electron chi connectivity index (χ4n) is 2.65. The van der Waals surface area contributed by atoms with E-state index in [0.29, 0.717) is 16.5 Å². The first-order valence-electron chi connectivity index (χ1n) is 8.98. The van der Waals surface area contributed by atoms with Crippen LogP contribution in [0.3, 0.4) is 0 Å². The number of esters is 1. The number of hydrogen-bond acceptors (Lipinski definition) is 4. The monoisotopic (exact) mass is 414 g/mol. The number of nitrogens with zero attached hydrogens (tertiary/aromatic N) is 2. The second-order valence-electron chi connectivity index (χ2n) is 7.59. The third-order valence-corrected chi connectivity index (χ3v) is 5.64. The van der Waals surface area contributed by atoms with E-state index in [9.17, 15) is 4.79 Å². The number of rotatable bonds is 4. The Morgan fingerprint density at radius 2 is 1.71 bits per heavy atom. The zero-order chi connectivity index (χ0) is 20.5. The summed E-state index contributed by atoms with van der Waals surface area (Å²) in [4.78, 5) is 14.7. The van der Waals surface area contributed by atoms with Crippen molar-refractivity contribution in [3.63, 3.8) is 0 Å². The molecule has 146 valence electrons. The molecule has 4 nitrogen and oxygen atoms in total. The van der Waals surface area contributed by atoms with Crippen molar-refractivity contribution < 1.29 is 9.53 Å². The van der Waals surface area contributed by atoms with Crippen LogP contribution in [0.4, 0.5) is 0 Å². The van der Waals surface area contributed by atoms with Crippen LogP contribution >= 0.6 is 23.4 Å². The van der Waals surface area contributed by atoms with Crippen LogP contribution in [-0.2, 0) is 5.54 Å². The summed E-state index contributed by atoms with van der Waals surface area (Å²) < 4.78 is 7.60. The molecule has 1 heterocycles. The van der Waals surface area contributed by atoms with Crippen molar-refractivity contribution in [1.29, 1.82) is 0 Å². The minimum absolute atomic E-state index is 0.328. The predicted molar refractivity (Wildman–Crippen MR) is 114 cm³/mol. The molecule has 6 heteroatoms. The molecule has 3 rings (SSSR count). The number of hydrogen-bond donors (Lipinski definition) is 0. The van der Waals surface area contributed by atoms with Crippen molar-refractivity contribution >= 4 is 29.3 Å². The molecule has 0 unspecified atom stereocenters. The van der Waals surface area contributed by atoms with Crippen molar-refractivity contribution in [3.05, 3.63) is 70.4 Å². The van der Waals surface area contributed by atoms with Gasteiger partial charge in [-0.25, -0.2) is 9.48 Å². The molecular weight excluding hydrogens is 392 g/mol. The molecular formula is C22H23ClN2O2S. The van der Waals surface area contributed by atoms with Gasteiger partial charge in [-0.2, -0.15) is 5.10 Å². The number of ether oxygens (including phenoxy) is 1. The summed E-state index contributed by atoms with van der Waals surface area (Å²) in [6.07, 6.45) is 0. The average Bonchev–Trinajstić information content (AvgIpc) is 2.93. The smallest absolute Gasteiger partial charge is 0.346 e. The third-order valence-electron chi connectivity index (χ3n) is 4.12. The molecule has 0 atom stereocenters. The summed E-state index contributed by atoms with van der Waals surface area (Å²) in [5.74, 6) is -0.0674. The van der Waals surface area contributed by atoms with Gasteiger partial charge in [-0.15, -0.1) is 0 Å². The van der Waals surface area contributed by atoms with E-state index >= 15 is 0 Å². The van der Waals surface area contributed by atoms with Crippen molar-refractivity contribution in [2.24, 2.45) is 0 Å². The van der Waals surface area contributed by atoms with Crippen LogP contribution in [0.5, 0.6) is 5.88 Å². The van der Waals surface area contributed by atoms with Crippen LogP contribution in [0.25, 0.3) is 0 Å². The summed E-state index contributed by atoms with van der Waals surface area (Å²) in [6.45, 7) is 10.0. The maximum absolute atomic E-state index is 12.8. The Balaban J connectivity index is 2.03. The molecule has 2 aromatic carbocycles. The highest BCUT2D eigenvalue weighted by Crippen LogP contribution is 2.40. The first-order chi connectivity index (χ1) is 13.2. The summed E-state index contributed by atoms with van der Waals surface area (Å²) in [5.41, 5.74) is 1.97. The maximum atomic E-state index is 12.8. The number of aromatic nitrogens is 2. The molecule has 0 N–H and O–H groups in total. The standard InChI is InChI=1S/C22H23ClN2O2S/c1-14-10-12-16(13-11-14)28-19-15(2)24-25(22(3,4)5)20(19)27-21(26)17-8-6-7-9-18(17)23/h6-13H,1-5H3. The van der Waals surface area contributed by atoms with Crippen LogP contribution in [0, 0.1) is 13.8 Å². The molecule has 0 spiro atoms. The lowest BCUT2D eigenvalue weighted by Gasteiger charge is -2.22. The van der Waals surface area contributed by atoms with Gasteiger partial charge in [0, 0.05) is 4.90 Å². The molecule has 28 heavy (non-hydrogen) atoms. The summed E-state index contributed by atoms with van der Waals surface area (Å²) in [6, 6.07) is 15.1. The molecule has 0 aliphatic rings. The molecule has 0 amide bonds. The van der Waals surface area contributed by atoms with Crippen LogP contribution in [0.15, 0.2) is 58.3 Å². The summed E-state index contributed by atoms with van der Waals surface area (Å²) >= 11 is 7.71. The predicted octanol–water partition coefficient (Wildman–Crippen LogP) is 6.28. The highest BCUT2D eigenvalue weighted by molar-refractivity contribution is 7.99. The van der Waals surface area contributed by atoms with E-state index in [2.05, 4.69) is 17.2 Å². The van der Waals surface area contributed by atoms with Crippen LogP contribution in [-0.4, -0.2) is 15.7 Å². The zero-order valence-electron chi connectivity index (χ0n) is 16.6. The number of halogens is 1. The van der Waals surface area contributed by atoms with E-state index in [4.69, 9.17) is 16.3 Å². The van der Waals surface area contributed by atoms with E-state index in [1.807, 2.05) is 46.8 Å². The van der Waals surface area contributed by atoms with Crippen LogP contribution in [0.1, 0.15) is 42.4 Å². The van der Waals surface area contributed by atoms with Gasteiger partial charge in [-0.1, -0.05) is 53.2 Å². The van der Waals surface area contributed by atoms with Gasteiger partial charge in [0.25, 0.3) is 0 Å². The topological polar surface area (TPSA) is 44.1 Å². The van der Waals surface area contributed by atoms with Gasteiger partial charge < -0.3 is 4.74 Å². The second-order valence-corrected chi connectivity index (χ2v) is 9.08. The molecule has 0 saturated heterocycles. The maximum Gasteiger partial charge on any atom is 0.346 e. The Hall–Kier alpha value is -2.24. The van der Waals surface area contributed by atoms with Gasteiger partial charge in [-0.05, 0) is 58.9 Å². The molecule has 0 radical (unpaired) electrons. The van der Waals surface area contributed by atoms with E-state index in [0.717, 1.165) is 15.5 Å². The van der Waals surface area contributed by atoms with Gasteiger partial charge in [0.2, 0.25) is 5.88 Å². The van der Waals surface area contributed by atoms with Crippen molar-refractivity contribution in [2.45, 2.75) is 49.9 Å². The lowest BCUT2D eigenvalue weighted by molar-refractivity contribution is 0.0704. The van der Waals surface area contributed by atoms with Gasteiger partial charge in [0.15, 0.2) is 0 Å². The minimum atomic E-state index is -0.498. The van der Waals surface area contributed by atoms with Crippen molar-refractivity contribution in [2.75, 3.05) is 0 Å². The lowest BCUT2D eigenvalue weighted by atomic mass is 10.1. The van der Waals surface area contributed by atoms with Gasteiger partial charge in [-0.3, -0.25) is 0 Å². The minimum Gasteiger partial charge on any atom is -0.403 e. The second kappa shape index (κ2) is 8.02. The molecule has 0 saturated carbocycles.